The summed E-state index contributed by atoms with van der Waals surface area (Å²) < 4.78 is 0. The van der Waals surface area contributed by atoms with Crippen LogP contribution in [0.15, 0.2) is 158 Å². The second-order valence-corrected chi connectivity index (χ2v) is 27.2. The second kappa shape index (κ2) is 17.8. The highest BCUT2D eigenvalue weighted by atomic mass is 15.2. The van der Waals surface area contributed by atoms with Crippen LogP contribution in [0.5, 0.6) is 0 Å². The van der Waals surface area contributed by atoms with Gasteiger partial charge >= 0.3 is 0 Å². The molecule has 0 spiro atoms. The Hall–Kier alpha value is -7.04. The van der Waals surface area contributed by atoms with E-state index in [0.29, 0.717) is 0 Å². The molecule has 0 bridgehead atoms. The highest BCUT2D eigenvalue weighted by Gasteiger charge is 2.45. The summed E-state index contributed by atoms with van der Waals surface area (Å²) >= 11 is 0. The van der Waals surface area contributed by atoms with Gasteiger partial charge in [-0.15, -0.1) is 0 Å². The SMILES string of the molecule is CC(C)(C)c1ccc(N(c2ccc(C(C)(C)C)cc2)c2cc3c4c(c2)N(c2ccc5c6c(cccc26)CCC5)c2cc(C(C)(C)C)ccc2B4c2ccc(C(C)(C)C)cc2N3Cc2ccc3c4c(cccc24)CCC3)cc1. The Morgan fingerprint density at radius 1 is 0.390 bits per heavy atom. The Bertz CT molecular complexity index is 3750. The van der Waals surface area contributed by atoms with E-state index in [1.807, 2.05) is 0 Å². The van der Waals surface area contributed by atoms with Crippen LogP contribution >= 0.6 is 0 Å². The number of aryl methyl sites for hydroxylation is 4. The number of rotatable bonds is 6. The van der Waals surface area contributed by atoms with Gasteiger partial charge in [0.05, 0.1) is 11.4 Å². The normalized spacial score (nSPS) is 14.9. The van der Waals surface area contributed by atoms with Gasteiger partial charge in [0, 0.05) is 46.1 Å². The van der Waals surface area contributed by atoms with Crippen LogP contribution in [0.2, 0.25) is 0 Å². The third-order valence-corrected chi connectivity index (χ3v) is 18.0. The third kappa shape index (κ3) is 8.31. The lowest BCUT2D eigenvalue weighted by atomic mass is 9.33. The molecule has 0 aromatic heterocycles. The summed E-state index contributed by atoms with van der Waals surface area (Å²) in [5, 5.41) is 5.65. The first-order valence-corrected chi connectivity index (χ1v) is 28.8. The fourth-order valence-electron chi connectivity index (χ4n) is 13.7. The van der Waals surface area contributed by atoms with E-state index in [9.17, 15) is 0 Å². The van der Waals surface area contributed by atoms with E-state index in [0.717, 1.165) is 49.3 Å². The minimum Gasteiger partial charge on any atom is -0.338 e. The van der Waals surface area contributed by atoms with Crippen LogP contribution in [-0.4, -0.2) is 6.71 Å². The van der Waals surface area contributed by atoms with Gasteiger partial charge in [0.2, 0.25) is 0 Å². The molecule has 4 aliphatic rings. The van der Waals surface area contributed by atoms with E-state index in [4.69, 9.17) is 0 Å². The van der Waals surface area contributed by atoms with Gasteiger partial charge in [-0.3, -0.25) is 0 Å². The van der Waals surface area contributed by atoms with Crippen molar-refractivity contribution < 1.29 is 0 Å². The van der Waals surface area contributed by atoms with Gasteiger partial charge in [-0.05, 0) is 197 Å². The number of hydrogen-bond acceptors (Lipinski definition) is 3. The van der Waals surface area contributed by atoms with Crippen molar-refractivity contribution >= 4 is 90.1 Å². The molecule has 2 aliphatic heterocycles. The fourth-order valence-corrected chi connectivity index (χ4v) is 13.7. The zero-order valence-corrected chi connectivity index (χ0v) is 47.9. The summed E-state index contributed by atoms with van der Waals surface area (Å²) in [6, 6.07) is 63.0. The van der Waals surface area contributed by atoms with Crippen LogP contribution in [0.25, 0.3) is 21.5 Å². The number of fused-ring (bicyclic) bond motifs is 4. The molecule has 2 heterocycles. The average Bonchev–Trinajstić information content (AvgIpc) is 3.57. The Kier molecular flexibility index (Phi) is 11.4. The third-order valence-electron chi connectivity index (χ3n) is 18.0. The van der Waals surface area contributed by atoms with E-state index in [1.54, 1.807) is 0 Å². The van der Waals surface area contributed by atoms with E-state index in [1.165, 1.54) is 129 Å². The van der Waals surface area contributed by atoms with Crippen molar-refractivity contribution in [2.24, 2.45) is 0 Å². The summed E-state index contributed by atoms with van der Waals surface area (Å²) in [4.78, 5) is 7.99. The minimum atomic E-state index is -0.0648. The molecule has 0 amide bonds. The van der Waals surface area contributed by atoms with Crippen LogP contribution in [-0.2, 0) is 53.9 Å². The Morgan fingerprint density at radius 3 is 1.39 bits per heavy atom. The van der Waals surface area contributed by atoms with E-state index in [-0.39, 0.29) is 28.4 Å². The number of nitrogens with zero attached hydrogens (tertiary/aromatic N) is 3. The Balaban J connectivity index is 1.16. The van der Waals surface area contributed by atoms with Gasteiger partial charge in [-0.2, -0.15) is 0 Å². The Labute approximate surface area is 460 Å². The van der Waals surface area contributed by atoms with Crippen LogP contribution in [0.4, 0.5) is 45.5 Å². The predicted octanol–water partition coefficient (Wildman–Crippen LogP) is 17.6. The van der Waals surface area contributed by atoms with Gasteiger partial charge in [-0.1, -0.05) is 186 Å². The van der Waals surface area contributed by atoms with Crippen molar-refractivity contribution in [2.45, 2.75) is 150 Å². The standard InChI is InChI=1S/C73H76BN3/c1-70(2,3)51-28-34-55(35-29-51)76(56-36-30-52(31-37-56)71(4,5)6)57-43-65-69-66(44-57)77(62-40-27-49-20-14-18-47-22-16-24-59(62)68(47)49)64-42-54(73(10,11)12)33-39-61(64)74(69)60-38-32-53(72(7,8)9)41-63(60)75(65)45-50-26-25-48-19-13-17-46-21-15-23-58(50)67(46)48/h15-16,21-44H,13-14,17-20,45H2,1-12H3. The van der Waals surface area contributed by atoms with Crippen molar-refractivity contribution in [3.05, 3.63) is 208 Å². The summed E-state index contributed by atoms with van der Waals surface area (Å²) in [5.74, 6) is 0. The molecule has 9 aromatic carbocycles. The van der Waals surface area contributed by atoms with Crippen LogP contribution in [0.1, 0.15) is 146 Å². The van der Waals surface area contributed by atoms with E-state index < -0.39 is 0 Å². The Morgan fingerprint density at radius 2 is 0.844 bits per heavy atom. The quantitative estimate of drug-likeness (QED) is 0.154. The fraction of sp³-hybridized carbons (Fsp3) is 0.315. The lowest BCUT2D eigenvalue weighted by Crippen LogP contribution is -2.62. The molecule has 0 unspecified atom stereocenters. The largest absolute Gasteiger partial charge is 0.338 e. The molecule has 386 valence electrons. The molecule has 0 radical (unpaired) electrons. The number of anilines is 8. The molecular formula is C73H76BN3. The lowest BCUT2D eigenvalue weighted by molar-refractivity contribution is 0.590. The lowest BCUT2D eigenvalue weighted by Gasteiger charge is -2.46. The van der Waals surface area contributed by atoms with Gasteiger partial charge in [0.15, 0.2) is 0 Å². The highest BCUT2D eigenvalue weighted by molar-refractivity contribution is 7.00. The topological polar surface area (TPSA) is 9.72 Å². The molecule has 0 saturated heterocycles. The first-order chi connectivity index (χ1) is 36.7. The zero-order valence-electron chi connectivity index (χ0n) is 47.9. The minimum absolute atomic E-state index is 0.00326. The van der Waals surface area contributed by atoms with Gasteiger partial charge in [-0.25, -0.2) is 0 Å². The molecule has 9 aromatic rings. The van der Waals surface area contributed by atoms with E-state index in [2.05, 4.69) is 256 Å². The first kappa shape index (κ1) is 49.5. The van der Waals surface area contributed by atoms with Gasteiger partial charge < -0.3 is 14.7 Å². The molecular weight excluding hydrogens is 930 g/mol. The molecule has 0 fully saturated rings. The first-order valence-electron chi connectivity index (χ1n) is 28.8. The maximum Gasteiger partial charge on any atom is 0.252 e. The van der Waals surface area contributed by atoms with Gasteiger partial charge in [0.1, 0.15) is 0 Å². The van der Waals surface area contributed by atoms with Crippen molar-refractivity contribution in [3.63, 3.8) is 0 Å². The van der Waals surface area contributed by atoms with Gasteiger partial charge in [0.25, 0.3) is 6.71 Å². The van der Waals surface area contributed by atoms with Crippen LogP contribution in [0, 0.1) is 0 Å². The van der Waals surface area contributed by atoms with Crippen LogP contribution in [0.3, 0.4) is 0 Å². The molecule has 4 heteroatoms. The monoisotopic (exact) mass is 1010 g/mol. The summed E-state index contributed by atoms with van der Waals surface area (Å²) in [7, 11) is 0. The molecule has 0 atom stereocenters. The highest BCUT2D eigenvalue weighted by Crippen LogP contribution is 2.50. The molecule has 13 rings (SSSR count). The summed E-state index contributed by atoms with van der Waals surface area (Å²) in [5.41, 5.74) is 26.4. The van der Waals surface area contributed by atoms with Crippen molar-refractivity contribution in [2.75, 3.05) is 14.7 Å². The molecule has 0 saturated carbocycles. The molecule has 0 N–H and O–H groups in total. The average molecular weight is 1010 g/mol. The maximum atomic E-state index is 2.74. The summed E-state index contributed by atoms with van der Waals surface area (Å²) in [6.07, 6.45) is 6.91. The number of benzene rings is 9. The zero-order chi connectivity index (χ0) is 53.5. The molecule has 77 heavy (non-hydrogen) atoms. The van der Waals surface area contributed by atoms with E-state index >= 15 is 0 Å². The summed E-state index contributed by atoms with van der Waals surface area (Å²) in [6.45, 7) is 28.8. The molecule has 2 aliphatic carbocycles. The number of hydrogen-bond donors (Lipinski definition) is 0. The molecule has 3 nitrogen and oxygen atoms in total. The van der Waals surface area contributed by atoms with Crippen molar-refractivity contribution in [1.82, 2.24) is 0 Å². The predicted molar refractivity (Wildman–Crippen MR) is 333 cm³/mol. The maximum absolute atomic E-state index is 2.74. The smallest absolute Gasteiger partial charge is 0.252 e. The second-order valence-electron chi connectivity index (χ2n) is 27.2. The van der Waals surface area contributed by atoms with Crippen molar-refractivity contribution in [1.29, 1.82) is 0 Å². The van der Waals surface area contributed by atoms with Crippen molar-refractivity contribution in [3.8, 4) is 0 Å². The van der Waals surface area contributed by atoms with Crippen LogP contribution < -0.4 is 31.1 Å².